The minimum absolute atomic E-state index is 0.0895. The number of carbonyl (C=O) groups excluding carboxylic acids is 1. The quantitative estimate of drug-likeness (QED) is 0.703. The Bertz CT molecular complexity index is 823. The molecule has 0 saturated carbocycles. The van der Waals surface area contributed by atoms with Crippen LogP contribution in [0.2, 0.25) is 0 Å². The normalized spacial score (nSPS) is 17.3. The van der Waals surface area contributed by atoms with E-state index in [4.69, 9.17) is 0 Å². The lowest BCUT2D eigenvalue weighted by molar-refractivity contribution is -0.116. The van der Waals surface area contributed by atoms with Gasteiger partial charge in [-0.05, 0) is 28.0 Å². The number of hydrogen-bond acceptors (Lipinski definition) is 1. The van der Waals surface area contributed by atoms with E-state index in [1.165, 1.54) is 21.9 Å². The maximum atomic E-state index is 12.0. The third kappa shape index (κ3) is 2.00. The van der Waals surface area contributed by atoms with Gasteiger partial charge in [0.25, 0.3) is 0 Å². The third-order valence-corrected chi connectivity index (χ3v) is 4.18. The van der Waals surface area contributed by atoms with Crippen LogP contribution in [0.15, 0.2) is 66.7 Å². The van der Waals surface area contributed by atoms with Gasteiger partial charge in [0, 0.05) is 18.0 Å². The summed E-state index contributed by atoms with van der Waals surface area (Å²) in [6.07, 6.45) is 0.505. The van der Waals surface area contributed by atoms with Crippen LogP contribution in [0.25, 0.3) is 10.8 Å². The van der Waals surface area contributed by atoms with E-state index in [2.05, 4.69) is 41.7 Å². The molecular weight excluding hydrogens is 258 g/mol. The van der Waals surface area contributed by atoms with E-state index in [-0.39, 0.29) is 11.8 Å². The number of rotatable bonds is 1. The van der Waals surface area contributed by atoms with Crippen molar-refractivity contribution >= 4 is 22.4 Å². The maximum absolute atomic E-state index is 12.0. The fourth-order valence-corrected chi connectivity index (χ4v) is 3.24. The topological polar surface area (TPSA) is 29.1 Å². The first-order chi connectivity index (χ1) is 10.3. The average Bonchev–Trinajstić information content (AvgIpc) is 2.54. The van der Waals surface area contributed by atoms with Crippen LogP contribution in [0, 0.1) is 0 Å². The zero-order chi connectivity index (χ0) is 14.2. The van der Waals surface area contributed by atoms with E-state index in [1.807, 2.05) is 30.3 Å². The molecule has 2 heteroatoms. The predicted molar refractivity (Wildman–Crippen MR) is 85.5 cm³/mol. The van der Waals surface area contributed by atoms with Crippen LogP contribution in [0.4, 0.5) is 5.69 Å². The summed E-state index contributed by atoms with van der Waals surface area (Å²) in [7, 11) is 0. The molecule has 2 nitrogen and oxygen atoms in total. The number of fused-ring (bicyclic) bond motifs is 3. The molecule has 1 amide bonds. The molecule has 0 aliphatic carbocycles. The number of anilines is 1. The largest absolute Gasteiger partial charge is 0.326 e. The van der Waals surface area contributed by atoms with E-state index < -0.39 is 0 Å². The van der Waals surface area contributed by atoms with Crippen molar-refractivity contribution in [1.29, 1.82) is 0 Å². The zero-order valence-electron chi connectivity index (χ0n) is 11.5. The van der Waals surface area contributed by atoms with Gasteiger partial charge in [-0.2, -0.15) is 0 Å². The molecule has 0 aromatic heterocycles. The van der Waals surface area contributed by atoms with Gasteiger partial charge in [-0.1, -0.05) is 60.7 Å². The predicted octanol–water partition coefficient (Wildman–Crippen LogP) is 4.31. The lowest BCUT2D eigenvalue weighted by atomic mass is 9.82. The molecule has 0 saturated heterocycles. The second-order valence-corrected chi connectivity index (χ2v) is 5.46. The van der Waals surface area contributed by atoms with Crippen molar-refractivity contribution in [2.45, 2.75) is 12.3 Å². The van der Waals surface area contributed by atoms with Gasteiger partial charge in [-0.3, -0.25) is 4.79 Å². The Balaban J connectivity index is 2.00. The summed E-state index contributed by atoms with van der Waals surface area (Å²) in [5.74, 6) is 0.215. The first kappa shape index (κ1) is 12.2. The Morgan fingerprint density at radius 2 is 1.62 bits per heavy atom. The van der Waals surface area contributed by atoms with E-state index >= 15 is 0 Å². The summed E-state index contributed by atoms with van der Waals surface area (Å²) in [4.78, 5) is 12.0. The van der Waals surface area contributed by atoms with Gasteiger partial charge >= 0.3 is 0 Å². The molecule has 0 radical (unpaired) electrons. The van der Waals surface area contributed by atoms with Crippen molar-refractivity contribution < 1.29 is 4.79 Å². The standard InChI is InChI=1S/C19H15NO/c21-18-12-16(13-6-2-1-3-7-13)19-15-9-5-4-8-14(15)10-11-17(19)20-18/h1-11,16H,12H2,(H,20,21). The van der Waals surface area contributed by atoms with Crippen LogP contribution >= 0.6 is 0 Å². The van der Waals surface area contributed by atoms with Gasteiger partial charge < -0.3 is 5.32 Å². The molecule has 0 spiro atoms. The minimum atomic E-state index is 0.0895. The summed E-state index contributed by atoms with van der Waals surface area (Å²) >= 11 is 0. The van der Waals surface area contributed by atoms with Crippen LogP contribution in [-0.2, 0) is 4.79 Å². The molecular formula is C19H15NO. The van der Waals surface area contributed by atoms with Gasteiger partial charge in [-0.25, -0.2) is 0 Å². The van der Waals surface area contributed by atoms with Crippen LogP contribution in [0.3, 0.4) is 0 Å². The van der Waals surface area contributed by atoms with Crippen molar-refractivity contribution in [3.8, 4) is 0 Å². The highest BCUT2D eigenvalue weighted by atomic mass is 16.1. The van der Waals surface area contributed by atoms with Gasteiger partial charge in [0.15, 0.2) is 0 Å². The number of carbonyl (C=O) groups is 1. The van der Waals surface area contributed by atoms with Crippen molar-refractivity contribution in [2.24, 2.45) is 0 Å². The molecule has 1 aliphatic heterocycles. The molecule has 3 aromatic carbocycles. The molecule has 4 rings (SSSR count). The summed E-state index contributed by atoms with van der Waals surface area (Å²) in [5, 5.41) is 5.45. The van der Waals surface area contributed by atoms with Crippen molar-refractivity contribution in [3.63, 3.8) is 0 Å². The highest BCUT2D eigenvalue weighted by molar-refractivity contribution is 6.01. The molecule has 1 atom stereocenters. The fourth-order valence-electron chi connectivity index (χ4n) is 3.24. The van der Waals surface area contributed by atoms with Gasteiger partial charge in [0.2, 0.25) is 5.91 Å². The summed E-state index contributed by atoms with van der Waals surface area (Å²) in [6, 6.07) is 22.7. The molecule has 0 bridgehead atoms. The van der Waals surface area contributed by atoms with Crippen molar-refractivity contribution in [2.75, 3.05) is 5.32 Å². The Labute approximate surface area is 123 Å². The average molecular weight is 273 g/mol. The summed E-state index contributed by atoms with van der Waals surface area (Å²) in [6.45, 7) is 0. The maximum Gasteiger partial charge on any atom is 0.225 e. The monoisotopic (exact) mass is 273 g/mol. The molecule has 1 heterocycles. The minimum Gasteiger partial charge on any atom is -0.326 e. The first-order valence-corrected chi connectivity index (χ1v) is 7.19. The van der Waals surface area contributed by atoms with E-state index in [9.17, 15) is 4.79 Å². The third-order valence-electron chi connectivity index (χ3n) is 4.18. The molecule has 1 unspecified atom stereocenters. The van der Waals surface area contributed by atoms with Gasteiger partial charge in [0.05, 0.1) is 0 Å². The van der Waals surface area contributed by atoms with E-state index in [0.29, 0.717) is 6.42 Å². The van der Waals surface area contributed by atoms with Crippen molar-refractivity contribution in [1.82, 2.24) is 0 Å². The lowest BCUT2D eigenvalue weighted by Gasteiger charge is -2.27. The fraction of sp³-hybridized carbons (Fsp3) is 0.105. The van der Waals surface area contributed by atoms with Crippen LogP contribution < -0.4 is 5.32 Å². The SMILES string of the molecule is O=C1CC(c2ccccc2)c2c(ccc3ccccc23)N1. The van der Waals surface area contributed by atoms with Gasteiger partial charge in [0.1, 0.15) is 0 Å². The van der Waals surface area contributed by atoms with E-state index in [0.717, 1.165) is 5.69 Å². The van der Waals surface area contributed by atoms with Crippen LogP contribution in [0.1, 0.15) is 23.5 Å². The number of benzene rings is 3. The van der Waals surface area contributed by atoms with Crippen LogP contribution in [-0.4, -0.2) is 5.91 Å². The Morgan fingerprint density at radius 3 is 2.48 bits per heavy atom. The number of nitrogens with one attached hydrogen (secondary N) is 1. The second-order valence-electron chi connectivity index (χ2n) is 5.46. The smallest absolute Gasteiger partial charge is 0.225 e. The number of hydrogen-bond donors (Lipinski definition) is 1. The highest BCUT2D eigenvalue weighted by Crippen LogP contribution is 2.41. The molecule has 21 heavy (non-hydrogen) atoms. The highest BCUT2D eigenvalue weighted by Gasteiger charge is 2.27. The van der Waals surface area contributed by atoms with E-state index in [1.54, 1.807) is 0 Å². The zero-order valence-corrected chi connectivity index (χ0v) is 11.5. The molecule has 3 aromatic rings. The molecule has 1 N–H and O–H groups in total. The molecule has 102 valence electrons. The Morgan fingerprint density at radius 1 is 0.857 bits per heavy atom. The number of amides is 1. The Kier molecular flexibility index (Phi) is 2.74. The van der Waals surface area contributed by atoms with Crippen molar-refractivity contribution in [3.05, 3.63) is 77.9 Å². The summed E-state index contributed by atoms with van der Waals surface area (Å²) in [5.41, 5.74) is 3.38. The Hall–Kier alpha value is -2.61. The van der Waals surface area contributed by atoms with Crippen LogP contribution in [0.5, 0.6) is 0 Å². The lowest BCUT2D eigenvalue weighted by Crippen LogP contribution is -2.23. The summed E-state index contributed by atoms with van der Waals surface area (Å²) < 4.78 is 0. The molecule has 0 fully saturated rings. The molecule has 1 aliphatic rings. The first-order valence-electron chi connectivity index (χ1n) is 7.19. The second kappa shape index (κ2) is 4.74. The van der Waals surface area contributed by atoms with Gasteiger partial charge in [-0.15, -0.1) is 0 Å².